The van der Waals surface area contributed by atoms with Gasteiger partial charge in [-0.1, -0.05) is 80.4 Å². The molecule has 0 fully saturated rings. The number of hydrogen-bond donors (Lipinski definition) is 0. The zero-order chi connectivity index (χ0) is 26.2. The Labute approximate surface area is 222 Å². The maximum absolute atomic E-state index is 6.58. The van der Waals surface area contributed by atoms with Crippen molar-refractivity contribution in [3.05, 3.63) is 99.9 Å². The third-order valence-electron chi connectivity index (χ3n) is 7.32. The molecule has 8 radical (unpaired) electrons. The van der Waals surface area contributed by atoms with E-state index in [-0.39, 0.29) is 5.41 Å². The van der Waals surface area contributed by atoms with Crippen LogP contribution in [0.1, 0.15) is 56.7 Å². The molecular formula is C32H30B4. The first-order valence-corrected chi connectivity index (χ1v) is 12.6. The summed E-state index contributed by atoms with van der Waals surface area (Å²) in [4.78, 5) is 0. The predicted molar refractivity (Wildman–Crippen MR) is 160 cm³/mol. The van der Waals surface area contributed by atoms with Gasteiger partial charge < -0.3 is 0 Å². The molecule has 36 heavy (non-hydrogen) atoms. The van der Waals surface area contributed by atoms with Crippen LogP contribution >= 0.6 is 0 Å². The average molecular weight is 458 g/mol. The molecule has 170 valence electrons. The first kappa shape index (κ1) is 26.2. The summed E-state index contributed by atoms with van der Waals surface area (Å²) in [5, 5.41) is 0. The first-order valence-electron chi connectivity index (χ1n) is 12.6. The molecule has 2 aromatic carbocycles. The monoisotopic (exact) mass is 458 g/mol. The Hall–Kier alpha value is -2.82. The molecule has 0 N–H and O–H groups in total. The molecule has 0 saturated carbocycles. The normalized spacial score (nSPS) is 15.7. The molecule has 0 spiro atoms. The molecule has 0 bridgehead atoms. The van der Waals surface area contributed by atoms with Gasteiger partial charge in [-0.05, 0) is 89.1 Å². The van der Waals surface area contributed by atoms with Crippen LogP contribution in [-0.2, 0) is 11.8 Å². The van der Waals surface area contributed by atoms with E-state index in [1.807, 2.05) is 19.1 Å². The summed E-state index contributed by atoms with van der Waals surface area (Å²) in [7, 11) is 25.4. The van der Waals surface area contributed by atoms with Crippen molar-refractivity contribution < 1.29 is 0 Å². The van der Waals surface area contributed by atoms with Crippen LogP contribution in [0.25, 0.3) is 11.1 Å². The lowest BCUT2D eigenvalue weighted by molar-refractivity contribution is 0.586. The van der Waals surface area contributed by atoms with Gasteiger partial charge in [0.1, 0.15) is 31.4 Å². The standard InChI is InChI=1S/C32H30B4/c1-6-7-12-21-17-20-13-9-8-10-15-23(20)25(21)18-22-14-11-16-24(27(22)32(3,4)5)26-19(2)28(33)30(35)31(36)29(26)34/h6-8,11-12,14-16H,1,9,13,17-18H2,2-5H3/b12-7-. The Morgan fingerprint density at radius 2 is 1.75 bits per heavy atom. The minimum absolute atomic E-state index is 0.150. The van der Waals surface area contributed by atoms with Gasteiger partial charge in [0, 0.05) is 0 Å². The van der Waals surface area contributed by atoms with Crippen LogP contribution in [0.15, 0.2) is 83.2 Å². The van der Waals surface area contributed by atoms with Gasteiger partial charge in [-0.25, -0.2) is 0 Å². The quantitative estimate of drug-likeness (QED) is 0.363. The van der Waals surface area contributed by atoms with E-state index in [0.717, 1.165) is 42.4 Å². The molecule has 2 aliphatic carbocycles. The first-order chi connectivity index (χ1) is 17.1. The summed E-state index contributed by atoms with van der Waals surface area (Å²) < 4.78 is 0. The summed E-state index contributed by atoms with van der Waals surface area (Å²) in [6.07, 6.45) is 14.3. The zero-order valence-electron chi connectivity index (χ0n) is 22.0. The molecule has 2 aromatic rings. The van der Waals surface area contributed by atoms with Crippen LogP contribution in [0.5, 0.6) is 0 Å². The van der Waals surface area contributed by atoms with Crippen molar-refractivity contribution in [2.45, 2.75) is 58.8 Å². The topological polar surface area (TPSA) is 0 Å². The fourth-order valence-electron chi connectivity index (χ4n) is 5.60. The summed E-state index contributed by atoms with van der Waals surface area (Å²) in [6, 6.07) is 6.46. The fourth-order valence-corrected chi connectivity index (χ4v) is 5.60. The minimum Gasteiger partial charge on any atom is -0.125 e. The van der Waals surface area contributed by atoms with Gasteiger partial charge in [-0.2, -0.15) is 0 Å². The van der Waals surface area contributed by atoms with Crippen molar-refractivity contribution in [2.75, 3.05) is 0 Å². The van der Waals surface area contributed by atoms with E-state index in [1.54, 1.807) is 0 Å². The average Bonchev–Trinajstić information content (AvgIpc) is 2.99. The molecule has 0 amide bonds. The molecule has 0 atom stereocenters. The molecule has 2 aliphatic rings. The highest BCUT2D eigenvalue weighted by molar-refractivity contribution is 6.64. The lowest BCUT2D eigenvalue weighted by Gasteiger charge is -2.30. The molecule has 0 saturated heterocycles. The van der Waals surface area contributed by atoms with Crippen molar-refractivity contribution in [2.24, 2.45) is 0 Å². The Kier molecular flexibility index (Phi) is 7.49. The van der Waals surface area contributed by atoms with Crippen LogP contribution in [0.2, 0.25) is 0 Å². The molecule has 0 aromatic heterocycles. The Morgan fingerprint density at radius 3 is 2.44 bits per heavy atom. The second kappa shape index (κ2) is 10.3. The highest BCUT2D eigenvalue weighted by Gasteiger charge is 2.28. The van der Waals surface area contributed by atoms with Crippen LogP contribution in [-0.4, -0.2) is 31.4 Å². The van der Waals surface area contributed by atoms with Crippen LogP contribution in [0.4, 0.5) is 0 Å². The molecule has 0 heterocycles. The Balaban J connectivity index is 1.96. The van der Waals surface area contributed by atoms with E-state index in [4.69, 9.17) is 31.4 Å². The highest BCUT2D eigenvalue weighted by atomic mass is 14.3. The molecular weight excluding hydrogens is 428 g/mol. The maximum Gasteiger partial charge on any atom is 0.113 e. The lowest BCUT2D eigenvalue weighted by Crippen LogP contribution is -2.49. The second-order valence-corrected chi connectivity index (χ2v) is 10.8. The maximum atomic E-state index is 6.58. The van der Waals surface area contributed by atoms with Crippen molar-refractivity contribution in [1.82, 2.24) is 0 Å². The second-order valence-electron chi connectivity index (χ2n) is 10.8. The Morgan fingerprint density at radius 1 is 1.03 bits per heavy atom. The minimum atomic E-state index is -0.150. The molecule has 0 nitrogen and oxygen atoms in total. The van der Waals surface area contributed by atoms with Gasteiger partial charge in [-0.15, -0.1) is 22.1 Å². The van der Waals surface area contributed by atoms with Gasteiger partial charge in [0.25, 0.3) is 0 Å². The summed E-state index contributed by atoms with van der Waals surface area (Å²) >= 11 is 0. The number of hydrogen-bond acceptors (Lipinski definition) is 0. The molecule has 0 unspecified atom stereocenters. The smallest absolute Gasteiger partial charge is 0.113 e. The summed E-state index contributed by atoms with van der Waals surface area (Å²) in [6.45, 7) is 12.6. The van der Waals surface area contributed by atoms with Crippen LogP contribution in [0, 0.1) is 6.92 Å². The van der Waals surface area contributed by atoms with Gasteiger partial charge in [0.2, 0.25) is 0 Å². The number of allylic oxidation sites excluding steroid dienone is 8. The largest absolute Gasteiger partial charge is 0.125 e. The SMILES string of the molecule is [B]c1c([B])c([B])c(-c2cccc(CC3=C(/C=C\C=C)CC4=C3C=C=CCC4)c2C(C)(C)C)c(C)c1[B]. The van der Waals surface area contributed by atoms with Crippen LogP contribution in [0.3, 0.4) is 0 Å². The van der Waals surface area contributed by atoms with E-state index in [2.05, 4.69) is 69.5 Å². The van der Waals surface area contributed by atoms with Crippen molar-refractivity contribution >= 4 is 53.2 Å². The van der Waals surface area contributed by atoms with Crippen molar-refractivity contribution in [3.63, 3.8) is 0 Å². The van der Waals surface area contributed by atoms with Gasteiger partial charge in [0.05, 0.1) is 0 Å². The van der Waals surface area contributed by atoms with Crippen molar-refractivity contribution in [1.29, 1.82) is 0 Å². The van der Waals surface area contributed by atoms with Gasteiger partial charge in [-0.3, -0.25) is 0 Å². The van der Waals surface area contributed by atoms with E-state index >= 15 is 0 Å². The number of rotatable bonds is 5. The van der Waals surface area contributed by atoms with E-state index in [9.17, 15) is 0 Å². The molecule has 4 heteroatoms. The molecule has 0 aliphatic heterocycles. The summed E-state index contributed by atoms with van der Waals surface area (Å²) in [5.41, 5.74) is 15.7. The third-order valence-corrected chi connectivity index (χ3v) is 7.32. The third kappa shape index (κ3) is 4.77. The van der Waals surface area contributed by atoms with Crippen LogP contribution < -0.4 is 21.9 Å². The fraction of sp³-hybridized carbons (Fsp3) is 0.281. The number of benzene rings is 2. The Bertz CT molecular complexity index is 1370. The van der Waals surface area contributed by atoms with Gasteiger partial charge >= 0.3 is 0 Å². The summed E-state index contributed by atoms with van der Waals surface area (Å²) in [5.74, 6) is 0. The zero-order valence-corrected chi connectivity index (χ0v) is 22.0. The van der Waals surface area contributed by atoms with Gasteiger partial charge in [0.15, 0.2) is 0 Å². The van der Waals surface area contributed by atoms with E-state index in [0.29, 0.717) is 21.9 Å². The highest BCUT2D eigenvalue weighted by Crippen LogP contribution is 2.42. The van der Waals surface area contributed by atoms with E-state index in [1.165, 1.54) is 33.4 Å². The van der Waals surface area contributed by atoms with Crippen molar-refractivity contribution in [3.8, 4) is 11.1 Å². The van der Waals surface area contributed by atoms with E-state index < -0.39 is 0 Å². The predicted octanol–water partition coefficient (Wildman–Crippen LogP) is 3.92. The lowest BCUT2D eigenvalue weighted by atomic mass is 9.62. The molecule has 4 rings (SSSR count).